The summed E-state index contributed by atoms with van der Waals surface area (Å²) in [4.78, 5) is 27.3. The number of rotatable bonds is 11. The van der Waals surface area contributed by atoms with E-state index in [0.29, 0.717) is 12.4 Å². The molecule has 0 aromatic heterocycles. The standard InChI is InChI=1S/C24H31NO4/c1-4-7-8-11-17-28-23(26)21-15-9-10-16-22(21)24(27)29-20-14-12-13-19(18-20)25(5-2)6-3/h9-10,12-16,18H,4-8,11,17H2,1-3H3. The molecule has 0 fully saturated rings. The average Bonchev–Trinajstić information content (AvgIpc) is 2.74. The van der Waals surface area contributed by atoms with Crippen LogP contribution in [0.1, 0.15) is 67.2 Å². The van der Waals surface area contributed by atoms with Gasteiger partial charge in [0.05, 0.1) is 17.7 Å². The summed E-state index contributed by atoms with van der Waals surface area (Å²) in [5, 5.41) is 0. The van der Waals surface area contributed by atoms with Gasteiger partial charge in [0, 0.05) is 24.8 Å². The molecule has 0 bridgehead atoms. The molecule has 0 amide bonds. The first-order valence-electron chi connectivity index (χ1n) is 10.4. The van der Waals surface area contributed by atoms with Crippen LogP contribution in [0, 0.1) is 0 Å². The number of anilines is 1. The third kappa shape index (κ3) is 6.63. The number of carbonyl (C=O) groups excluding carboxylic acids is 2. The number of unbranched alkanes of at least 4 members (excludes halogenated alkanes) is 3. The van der Waals surface area contributed by atoms with Crippen LogP contribution in [-0.2, 0) is 4.74 Å². The quantitative estimate of drug-likeness (QED) is 0.285. The van der Waals surface area contributed by atoms with Gasteiger partial charge in [-0.2, -0.15) is 0 Å². The topological polar surface area (TPSA) is 55.8 Å². The van der Waals surface area contributed by atoms with Gasteiger partial charge >= 0.3 is 11.9 Å². The third-order valence-electron chi connectivity index (χ3n) is 4.75. The first kappa shape index (κ1) is 22.5. The van der Waals surface area contributed by atoms with Crippen LogP contribution >= 0.6 is 0 Å². The largest absolute Gasteiger partial charge is 0.462 e. The highest BCUT2D eigenvalue weighted by Crippen LogP contribution is 2.22. The lowest BCUT2D eigenvalue weighted by Crippen LogP contribution is -2.21. The minimum absolute atomic E-state index is 0.208. The minimum Gasteiger partial charge on any atom is -0.462 e. The van der Waals surface area contributed by atoms with E-state index in [4.69, 9.17) is 9.47 Å². The molecule has 5 nitrogen and oxygen atoms in total. The second-order valence-corrected chi connectivity index (χ2v) is 6.80. The van der Waals surface area contributed by atoms with E-state index in [0.717, 1.165) is 44.5 Å². The molecule has 0 aliphatic heterocycles. The van der Waals surface area contributed by atoms with Crippen LogP contribution in [0.25, 0.3) is 0 Å². The predicted octanol–water partition coefficient (Wildman–Crippen LogP) is 5.49. The minimum atomic E-state index is -0.569. The van der Waals surface area contributed by atoms with E-state index < -0.39 is 11.9 Å². The van der Waals surface area contributed by atoms with E-state index in [-0.39, 0.29) is 11.1 Å². The van der Waals surface area contributed by atoms with Gasteiger partial charge in [0.15, 0.2) is 0 Å². The Balaban J connectivity index is 2.08. The number of benzene rings is 2. The van der Waals surface area contributed by atoms with Gasteiger partial charge in [0.2, 0.25) is 0 Å². The molecular formula is C24H31NO4. The Bertz CT molecular complexity index is 799. The van der Waals surface area contributed by atoms with Gasteiger partial charge in [0.1, 0.15) is 5.75 Å². The summed E-state index contributed by atoms with van der Waals surface area (Å²) in [5.41, 5.74) is 1.42. The molecule has 0 unspecified atom stereocenters. The summed E-state index contributed by atoms with van der Waals surface area (Å²) in [6, 6.07) is 14.0. The van der Waals surface area contributed by atoms with Crippen LogP contribution in [0.2, 0.25) is 0 Å². The molecule has 2 rings (SSSR count). The number of carbonyl (C=O) groups is 2. The van der Waals surface area contributed by atoms with Gasteiger partial charge in [-0.15, -0.1) is 0 Å². The Morgan fingerprint density at radius 3 is 2.17 bits per heavy atom. The maximum Gasteiger partial charge on any atom is 0.344 e. The van der Waals surface area contributed by atoms with E-state index in [1.807, 2.05) is 18.2 Å². The van der Waals surface area contributed by atoms with Crippen LogP contribution in [0.5, 0.6) is 5.75 Å². The number of hydrogen-bond acceptors (Lipinski definition) is 5. The van der Waals surface area contributed by atoms with Crippen molar-refractivity contribution in [2.45, 2.75) is 46.5 Å². The fraction of sp³-hybridized carbons (Fsp3) is 0.417. The Hall–Kier alpha value is -2.82. The molecule has 0 saturated heterocycles. The van der Waals surface area contributed by atoms with E-state index in [2.05, 4.69) is 25.7 Å². The monoisotopic (exact) mass is 397 g/mol. The summed E-state index contributed by atoms with van der Waals surface area (Å²) < 4.78 is 10.9. The molecule has 0 radical (unpaired) electrons. The normalized spacial score (nSPS) is 10.4. The van der Waals surface area contributed by atoms with Gasteiger partial charge in [0.25, 0.3) is 0 Å². The van der Waals surface area contributed by atoms with Crippen molar-refractivity contribution >= 4 is 17.6 Å². The molecule has 0 aliphatic carbocycles. The van der Waals surface area contributed by atoms with Crippen molar-refractivity contribution in [3.8, 4) is 5.75 Å². The average molecular weight is 398 g/mol. The summed E-state index contributed by atoms with van der Waals surface area (Å²) in [7, 11) is 0. The molecule has 0 heterocycles. The first-order chi connectivity index (χ1) is 14.1. The van der Waals surface area contributed by atoms with Crippen LogP contribution in [-0.4, -0.2) is 31.6 Å². The van der Waals surface area contributed by atoms with Gasteiger partial charge < -0.3 is 14.4 Å². The van der Waals surface area contributed by atoms with E-state index in [9.17, 15) is 9.59 Å². The highest BCUT2D eigenvalue weighted by molar-refractivity contribution is 6.03. The maximum atomic E-state index is 12.7. The SMILES string of the molecule is CCCCCCOC(=O)c1ccccc1C(=O)Oc1cccc(N(CC)CC)c1. The predicted molar refractivity (Wildman–Crippen MR) is 116 cm³/mol. The van der Waals surface area contributed by atoms with Crippen molar-refractivity contribution in [2.75, 3.05) is 24.6 Å². The number of ether oxygens (including phenoxy) is 2. The molecule has 0 spiro atoms. The second kappa shape index (κ2) is 11.9. The summed E-state index contributed by atoms with van der Waals surface area (Å²) in [6.45, 7) is 8.36. The van der Waals surface area contributed by atoms with Crippen molar-refractivity contribution in [2.24, 2.45) is 0 Å². The van der Waals surface area contributed by atoms with Gasteiger partial charge in [-0.05, 0) is 44.5 Å². The van der Waals surface area contributed by atoms with Crippen LogP contribution in [0.15, 0.2) is 48.5 Å². The van der Waals surface area contributed by atoms with Crippen LogP contribution in [0.4, 0.5) is 5.69 Å². The van der Waals surface area contributed by atoms with Crippen molar-refractivity contribution in [3.63, 3.8) is 0 Å². The molecular weight excluding hydrogens is 366 g/mol. The fourth-order valence-corrected chi connectivity index (χ4v) is 3.11. The molecule has 0 N–H and O–H groups in total. The molecule has 156 valence electrons. The van der Waals surface area contributed by atoms with Crippen LogP contribution in [0.3, 0.4) is 0 Å². The molecule has 0 atom stereocenters. The zero-order chi connectivity index (χ0) is 21.1. The zero-order valence-electron chi connectivity index (χ0n) is 17.6. The highest BCUT2D eigenvalue weighted by Gasteiger charge is 2.19. The lowest BCUT2D eigenvalue weighted by atomic mass is 10.1. The van der Waals surface area contributed by atoms with Gasteiger partial charge in [-0.1, -0.05) is 44.4 Å². The van der Waals surface area contributed by atoms with Crippen molar-refractivity contribution in [3.05, 3.63) is 59.7 Å². The molecule has 29 heavy (non-hydrogen) atoms. The number of esters is 2. The highest BCUT2D eigenvalue weighted by atomic mass is 16.5. The van der Waals surface area contributed by atoms with Gasteiger partial charge in [-0.3, -0.25) is 0 Å². The number of nitrogens with zero attached hydrogens (tertiary/aromatic N) is 1. The molecule has 0 aliphatic rings. The molecule has 2 aromatic rings. The zero-order valence-corrected chi connectivity index (χ0v) is 17.6. The van der Waals surface area contributed by atoms with E-state index in [1.165, 1.54) is 0 Å². The Morgan fingerprint density at radius 1 is 0.828 bits per heavy atom. The smallest absolute Gasteiger partial charge is 0.344 e. The van der Waals surface area contributed by atoms with E-state index in [1.54, 1.807) is 30.3 Å². The van der Waals surface area contributed by atoms with E-state index >= 15 is 0 Å². The first-order valence-corrected chi connectivity index (χ1v) is 10.4. The second-order valence-electron chi connectivity index (χ2n) is 6.80. The molecule has 2 aromatic carbocycles. The van der Waals surface area contributed by atoms with Gasteiger partial charge in [-0.25, -0.2) is 9.59 Å². The lowest BCUT2D eigenvalue weighted by molar-refractivity contribution is 0.0489. The Morgan fingerprint density at radius 2 is 1.52 bits per heavy atom. The summed E-state index contributed by atoms with van der Waals surface area (Å²) in [5.74, 6) is -0.617. The summed E-state index contributed by atoms with van der Waals surface area (Å²) in [6.07, 6.45) is 4.09. The van der Waals surface area contributed by atoms with Crippen molar-refractivity contribution < 1.29 is 19.1 Å². The summed E-state index contributed by atoms with van der Waals surface area (Å²) >= 11 is 0. The van der Waals surface area contributed by atoms with Crippen molar-refractivity contribution in [1.29, 1.82) is 0 Å². The van der Waals surface area contributed by atoms with Crippen LogP contribution < -0.4 is 9.64 Å². The lowest BCUT2D eigenvalue weighted by Gasteiger charge is -2.21. The maximum absolute atomic E-state index is 12.7. The molecule has 0 saturated carbocycles. The third-order valence-corrected chi connectivity index (χ3v) is 4.75. The number of hydrogen-bond donors (Lipinski definition) is 0. The Labute approximate surface area is 173 Å². The van der Waals surface area contributed by atoms with Crippen molar-refractivity contribution in [1.82, 2.24) is 0 Å². The Kier molecular flexibility index (Phi) is 9.22. The molecule has 5 heteroatoms. The fourth-order valence-electron chi connectivity index (χ4n) is 3.11.